The number of hydrogen-bond donors (Lipinski definition) is 0. The van der Waals surface area contributed by atoms with Crippen molar-refractivity contribution in [2.24, 2.45) is 0 Å². The molecule has 1 amide bonds. The second-order valence-electron chi connectivity index (χ2n) is 3.49. The maximum absolute atomic E-state index is 10.7. The topological polar surface area (TPSA) is 20.3 Å². The molecular weight excluding hydrogens is 162 g/mol. The minimum atomic E-state index is 0.467. The molecule has 2 nitrogen and oxygen atoms in total. The molecule has 0 fully saturated rings. The summed E-state index contributed by atoms with van der Waals surface area (Å²) >= 11 is 0. The van der Waals surface area contributed by atoms with Gasteiger partial charge in [-0.05, 0) is 19.8 Å². The Hall–Kier alpha value is -0.530. The predicted molar refractivity (Wildman–Crippen MR) is 56.7 cm³/mol. The molecule has 0 aromatic rings. The molecule has 1 atom stereocenters. The minimum Gasteiger partial charge on any atom is -0.343 e. The van der Waals surface area contributed by atoms with E-state index in [1.54, 1.807) is 0 Å². The Morgan fingerprint density at radius 2 is 1.92 bits per heavy atom. The Balaban J connectivity index is 3.78. The number of carbonyl (C=O) groups is 1. The van der Waals surface area contributed by atoms with Crippen LogP contribution in [-0.2, 0) is 4.79 Å². The van der Waals surface area contributed by atoms with Crippen LogP contribution in [0.15, 0.2) is 0 Å². The van der Waals surface area contributed by atoms with Crippen molar-refractivity contribution in [1.82, 2.24) is 4.90 Å². The molecule has 0 aromatic heterocycles. The summed E-state index contributed by atoms with van der Waals surface area (Å²) < 4.78 is 0. The van der Waals surface area contributed by atoms with Crippen molar-refractivity contribution in [3.63, 3.8) is 0 Å². The molecule has 0 heterocycles. The summed E-state index contributed by atoms with van der Waals surface area (Å²) in [6.45, 7) is 7.24. The lowest BCUT2D eigenvalue weighted by atomic mass is 10.1. The van der Waals surface area contributed by atoms with Crippen molar-refractivity contribution in [1.29, 1.82) is 0 Å². The van der Waals surface area contributed by atoms with Gasteiger partial charge in [-0.3, -0.25) is 4.79 Å². The highest BCUT2D eigenvalue weighted by molar-refractivity contribution is 5.47. The van der Waals surface area contributed by atoms with Crippen molar-refractivity contribution in [3.05, 3.63) is 0 Å². The summed E-state index contributed by atoms with van der Waals surface area (Å²) in [5, 5.41) is 0. The average Bonchev–Trinajstić information content (AvgIpc) is 2.17. The molecule has 1 unspecified atom stereocenters. The minimum absolute atomic E-state index is 0.467. The molecule has 0 aliphatic rings. The zero-order valence-corrected chi connectivity index (χ0v) is 9.25. The fourth-order valence-corrected chi connectivity index (χ4v) is 1.65. The van der Waals surface area contributed by atoms with E-state index in [9.17, 15) is 4.79 Å². The highest BCUT2D eigenvalue weighted by Gasteiger charge is 2.11. The molecule has 0 aliphatic heterocycles. The van der Waals surface area contributed by atoms with Crippen LogP contribution in [0.5, 0.6) is 0 Å². The van der Waals surface area contributed by atoms with Gasteiger partial charge in [0, 0.05) is 12.6 Å². The zero-order valence-electron chi connectivity index (χ0n) is 9.25. The first kappa shape index (κ1) is 12.5. The monoisotopic (exact) mass is 185 g/mol. The summed E-state index contributed by atoms with van der Waals surface area (Å²) in [4.78, 5) is 12.6. The molecule has 0 saturated carbocycles. The van der Waals surface area contributed by atoms with Crippen LogP contribution in [-0.4, -0.2) is 23.9 Å². The molecule has 0 spiro atoms. The number of carbonyl (C=O) groups excluding carboxylic acids is 1. The van der Waals surface area contributed by atoms with Gasteiger partial charge in [0.1, 0.15) is 0 Å². The number of rotatable bonds is 8. The van der Waals surface area contributed by atoms with E-state index in [-0.39, 0.29) is 0 Å². The lowest BCUT2D eigenvalue weighted by Crippen LogP contribution is -2.33. The van der Waals surface area contributed by atoms with Crippen LogP contribution in [0, 0.1) is 0 Å². The number of amides is 1. The van der Waals surface area contributed by atoms with Crippen molar-refractivity contribution in [2.75, 3.05) is 6.54 Å². The van der Waals surface area contributed by atoms with Gasteiger partial charge in [-0.25, -0.2) is 0 Å². The molecule has 0 saturated heterocycles. The molecule has 0 bridgehead atoms. The largest absolute Gasteiger partial charge is 0.343 e. The molecule has 0 aliphatic carbocycles. The molecule has 0 rings (SSSR count). The van der Waals surface area contributed by atoms with E-state index >= 15 is 0 Å². The lowest BCUT2D eigenvalue weighted by molar-refractivity contribution is -0.120. The Labute approximate surface area is 82.3 Å². The molecule has 2 heteroatoms. The lowest BCUT2D eigenvalue weighted by Gasteiger charge is -2.26. The van der Waals surface area contributed by atoms with Gasteiger partial charge in [0.15, 0.2) is 0 Å². The molecule has 13 heavy (non-hydrogen) atoms. The standard InChI is InChI=1S/C11H23NO/c1-4-7-8-9-11(5-2)12(6-3)10-13/h10-11H,4-9H2,1-3H3. The van der Waals surface area contributed by atoms with Crippen LogP contribution < -0.4 is 0 Å². The Bertz CT molecular complexity index is 125. The highest BCUT2D eigenvalue weighted by Crippen LogP contribution is 2.11. The zero-order chi connectivity index (χ0) is 10.1. The summed E-state index contributed by atoms with van der Waals surface area (Å²) in [5.41, 5.74) is 0. The van der Waals surface area contributed by atoms with E-state index in [1.807, 2.05) is 11.8 Å². The van der Waals surface area contributed by atoms with Crippen molar-refractivity contribution in [3.8, 4) is 0 Å². The summed E-state index contributed by atoms with van der Waals surface area (Å²) in [6.07, 6.45) is 7.02. The molecule has 0 N–H and O–H groups in total. The van der Waals surface area contributed by atoms with E-state index in [0.29, 0.717) is 6.04 Å². The van der Waals surface area contributed by atoms with E-state index in [4.69, 9.17) is 0 Å². The predicted octanol–water partition coefficient (Wildman–Crippen LogP) is 2.82. The maximum atomic E-state index is 10.7. The van der Waals surface area contributed by atoms with Gasteiger partial charge in [0.2, 0.25) is 6.41 Å². The highest BCUT2D eigenvalue weighted by atomic mass is 16.1. The first-order chi connectivity index (χ1) is 6.29. The van der Waals surface area contributed by atoms with Gasteiger partial charge in [-0.1, -0.05) is 33.1 Å². The van der Waals surface area contributed by atoms with Gasteiger partial charge in [0.25, 0.3) is 0 Å². The summed E-state index contributed by atoms with van der Waals surface area (Å²) in [7, 11) is 0. The van der Waals surface area contributed by atoms with Gasteiger partial charge >= 0.3 is 0 Å². The normalized spacial score (nSPS) is 12.5. The van der Waals surface area contributed by atoms with Gasteiger partial charge < -0.3 is 4.90 Å². The van der Waals surface area contributed by atoms with Crippen LogP contribution in [0.3, 0.4) is 0 Å². The van der Waals surface area contributed by atoms with Gasteiger partial charge in [0.05, 0.1) is 0 Å². The summed E-state index contributed by atoms with van der Waals surface area (Å²) in [5.74, 6) is 0. The SMILES string of the molecule is CCCCCC(CC)N(C=O)CC. The smallest absolute Gasteiger partial charge is 0.209 e. The quantitative estimate of drug-likeness (QED) is 0.420. The van der Waals surface area contributed by atoms with Crippen molar-refractivity contribution in [2.45, 2.75) is 58.9 Å². The van der Waals surface area contributed by atoms with Crippen molar-refractivity contribution < 1.29 is 4.79 Å². The Kier molecular flexibility index (Phi) is 7.76. The van der Waals surface area contributed by atoms with Gasteiger partial charge in [-0.15, -0.1) is 0 Å². The van der Waals surface area contributed by atoms with Crippen LogP contribution >= 0.6 is 0 Å². The molecule has 0 aromatic carbocycles. The van der Waals surface area contributed by atoms with Crippen LogP contribution in [0.2, 0.25) is 0 Å². The fraction of sp³-hybridized carbons (Fsp3) is 0.909. The van der Waals surface area contributed by atoms with E-state index in [0.717, 1.165) is 25.8 Å². The Morgan fingerprint density at radius 3 is 2.31 bits per heavy atom. The third-order valence-corrected chi connectivity index (χ3v) is 2.58. The van der Waals surface area contributed by atoms with Crippen LogP contribution in [0.4, 0.5) is 0 Å². The van der Waals surface area contributed by atoms with E-state index in [2.05, 4.69) is 13.8 Å². The van der Waals surface area contributed by atoms with Crippen LogP contribution in [0.25, 0.3) is 0 Å². The first-order valence-electron chi connectivity index (χ1n) is 5.51. The molecular formula is C11H23NO. The van der Waals surface area contributed by atoms with Gasteiger partial charge in [-0.2, -0.15) is 0 Å². The van der Waals surface area contributed by atoms with E-state index < -0.39 is 0 Å². The van der Waals surface area contributed by atoms with Crippen LogP contribution in [0.1, 0.15) is 52.9 Å². The summed E-state index contributed by atoms with van der Waals surface area (Å²) in [6, 6.07) is 0.467. The van der Waals surface area contributed by atoms with E-state index in [1.165, 1.54) is 19.3 Å². The molecule has 78 valence electrons. The Morgan fingerprint density at radius 1 is 1.23 bits per heavy atom. The average molecular weight is 185 g/mol. The fourth-order valence-electron chi connectivity index (χ4n) is 1.65. The number of hydrogen-bond acceptors (Lipinski definition) is 1. The van der Waals surface area contributed by atoms with Crippen molar-refractivity contribution >= 4 is 6.41 Å². The maximum Gasteiger partial charge on any atom is 0.209 e. The second kappa shape index (κ2) is 8.09. The number of unbranched alkanes of at least 4 members (excludes halogenated alkanes) is 2. The third kappa shape index (κ3) is 4.91. The molecule has 0 radical (unpaired) electrons. The second-order valence-corrected chi connectivity index (χ2v) is 3.49. The first-order valence-corrected chi connectivity index (χ1v) is 5.51. The number of nitrogens with zero attached hydrogens (tertiary/aromatic N) is 1. The third-order valence-electron chi connectivity index (χ3n) is 2.58.